The van der Waals surface area contributed by atoms with Crippen molar-refractivity contribution in [2.45, 2.75) is 33.1 Å². The van der Waals surface area contributed by atoms with Crippen LogP contribution in [0.3, 0.4) is 0 Å². The van der Waals surface area contributed by atoms with Crippen LogP contribution in [0, 0.1) is 5.41 Å². The molecule has 1 atom stereocenters. The highest BCUT2D eigenvalue weighted by Crippen LogP contribution is 2.35. The molecular weight excluding hydrogens is 266 g/mol. The van der Waals surface area contributed by atoms with Crippen LogP contribution in [0.25, 0.3) is 0 Å². The monoisotopic (exact) mass is 283 g/mol. The lowest BCUT2D eigenvalue weighted by Crippen LogP contribution is -2.36. The molecule has 0 aromatic carbocycles. The van der Waals surface area contributed by atoms with Gasteiger partial charge in [0, 0.05) is 13.1 Å². The maximum atomic E-state index is 12.4. The van der Waals surface area contributed by atoms with E-state index in [0.717, 1.165) is 11.5 Å². The number of hydrogen-bond donors (Lipinski definition) is 1. The molecule has 1 aromatic rings. The predicted octanol–water partition coefficient (Wildman–Crippen LogP) is 1.43. The average molecular weight is 283 g/mol. The Labute approximate surface area is 115 Å². The number of nitrogens with zero attached hydrogens (tertiary/aromatic N) is 3. The molecule has 0 saturated carbocycles. The standard InChI is InChI=1S/C12H17N3O3S/c1-3-8-9(19-14-13-8)10(16)15-6-5-12(4-2,7-15)11(17)18/h3-7H2,1-2H3,(H,17,18). The third kappa shape index (κ3) is 2.34. The van der Waals surface area contributed by atoms with Gasteiger partial charge >= 0.3 is 5.97 Å². The molecule has 1 aromatic heterocycles. The van der Waals surface area contributed by atoms with E-state index < -0.39 is 11.4 Å². The molecule has 0 spiro atoms. The number of hydrogen-bond acceptors (Lipinski definition) is 5. The summed E-state index contributed by atoms with van der Waals surface area (Å²) in [5.41, 5.74) is -0.0977. The van der Waals surface area contributed by atoms with Crippen LogP contribution in [0.5, 0.6) is 0 Å². The van der Waals surface area contributed by atoms with Crippen molar-refractivity contribution in [1.29, 1.82) is 0 Å². The number of rotatable bonds is 4. The van der Waals surface area contributed by atoms with Crippen LogP contribution >= 0.6 is 11.5 Å². The first-order valence-corrected chi connectivity index (χ1v) is 7.15. The molecule has 104 valence electrons. The Kier molecular flexibility index (Phi) is 3.84. The molecule has 2 heterocycles. The van der Waals surface area contributed by atoms with Gasteiger partial charge in [0.2, 0.25) is 0 Å². The highest BCUT2D eigenvalue weighted by atomic mass is 32.1. The molecule has 1 unspecified atom stereocenters. The molecular formula is C12H17N3O3S. The summed E-state index contributed by atoms with van der Waals surface area (Å²) in [4.78, 5) is 25.9. The van der Waals surface area contributed by atoms with Gasteiger partial charge in [0.05, 0.1) is 11.1 Å². The smallest absolute Gasteiger partial charge is 0.311 e. The molecule has 1 fully saturated rings. The zero-order chi connectivity index (χ0) is 14.0. The molecule has 19 heavy (non-hydrogen) atoms. The Balaban J connectivity index is 2.17. The first-order chi connectivity index (χ1) is 9.04. The topological polar surface area (TPSA) is 83.4 Å². The maximum absolute atomic E-state index is 12.4. The van der Waals surface area contributed by atoms with Gasteiger partial charge < -0.3 is 10.0 Å². The van der Waals surface area contributed by atoms with Gasteiger partial charge in [-0.2, -0.15) is 0 Å². The number of carboxylic acid groups (broad SMARTS) is 1. The van der Waals surface area contributed by atoms with Gasteiger partial charge in [-0.3, -0.25) is 9.59 Å². The third-order valence-electron chi connectivity index (χ3n) is 3.86. The fraction of sp³-hybridized carbons (Fsp3) is 0.667. The molecule has 1 aliphatic heterocycles. The van der Waals surface area contributed by atoms with E-state index in [0.29, 0.717) is 36.4 Å². The van der Waals surface area contributed by atoms with Gasteiger partial charge in [-0.25, -0.2) is 0 Å². The SMILES string of the molecule is CCc1nnsc1C(=O)N1CCC(CC)(C(=O)O)C1. The molecule has 1 amide bonds. The lowest BCUT2D eigenvalue weighted by atomic mass is 9.84. The van der Waals surface area contributed by atoms with Gasteiger partial charge in [0.25, 0.3) is 5.91 Å². The lowest BCUT2D eigenvalue weighted by molar-refractivity contribution is -0.148. The highest BCUT2D eigenvalue weighted by Gasteiger charge is 2.45. The highest BCUT2D eigenvalue weighted by molar-refractivity contribution is 7.08. The lowest BCUT2D eigenvalue weighted by Gasteiger charge is -2.22. The van der Waals surface area contributed by atoms with E-state index in [2.05, 4.69) is 9.59 Å². The largest absolute Gasteiger partial charge is 0.481 e. The van der Waals surface area contributed by atoms with Crippen molar-refractivity contribution in [3.8, 4) is 0 Å². The van der Waals surface area contributed by atoms with E-state index in [-0.39, 0.29) is 12.5 Å². The first-order valence-electron chi connectivity index (χ1n) is 6.38. The second-order valence-corrected chi connectivity index (χ2v) is 5.57. The fourth-order valence-electron chi connectivity index (χ4n) is 2.41. The number of aromatic nitrogens is 2. The molecule has 1 saturated heterocycles. The predicted molar refractivity (Wildman–Crippen MR) is 70.2 cm³/mol. The number of amides is 1. The zero-order valence-electron chi connectivity index (χ0n) is 11.0. The van der Waals surface area contributed by atoms with E-state index in [1.54, 1.807) is 4.90 Å². The first kappa shape index (κ1) is 13.9. The maximum Gasteiger partial charge on any atom is 0.311 e. The molecule has 7 heteroatoms. The van der Waals surface area contributed by atoms with Crippen LogP contribution in [0.1, 0.15) is 42.1 Å². The van der Waals surface area contributed by atoms with Crippen molar-refractivity contribution in [2.75, 3.05) is 13.1 Å². The van der Waals surface area contributed by atoms with Crippen LogP contribution < -0.4 is 0 Å². The summed E-state index contributed by atoms with van der Waals surface area (Å²) in [6.07, 6.45) is 1.70. The van der Waals surface area contributed by atoms with Gasteiger partial charge in [-0.15, -0.1) is 5.10 Å². The molecule has 6 nitrogen and oxygen atoms in total. The summed E-state index contributed by atoms with van der Waals surface area (Å²) in [6.45, 7) is 4.54. The molecule has 2 rings (SSSR count). The Morgan fingerprint density at radius 2 is 2.21 bits per heavy atom. The Bertz CT molecular complexity index is 502. The van der Waals surface area contributed by atoms with E-state index in [1.165, 1.54) is 0 Å². The van der Waals surface area contributed by atoms with Crippen molar-refractivity contribution in [1.82, 2.24) is 14.5 Å². The van der Waals surface area contributed by atoms with Crippen molar-refractivity contribution in [3.05, 3.63) is 10.6 Å². The molecule has 1 aliphatic rings. The molecule has 0 aliphatic carbocycles. The summed E-state index contributed by atoms with van der Waals surface area (Å²) in [5.74, 6) is -0.952. The van der Waals surface area contributed by atoms with Crippen LogP contribution in [0.15, 0.2) is 0 Å². The van der Waals surface area contributed by atoms with Crippen LogP contribution in [0.2, 0.25) is 0 Å². The van der Waals surface area contributed by atoms with E-state index in [4.69, 9.17) is 0 Å². The van der Waals surface area contributed by atoms with E-state index in [1.807, 2.05) is 13.8 Å². The van der Waals surface area contributed by atoms with Crippen LogP contribution in [0.4, 0.5) is 0 Å². The summed E-state index contributed by atoms with van der Waals surface area (Å²) >= 11 is 1.09. The van der Waals surface area contributed by atoms with E-state index in [9.17, 15) is 14.7 Å². The zero-order valence-corrected chi connectivity index (χ0v) is 11.9. The molecule has 0 radical (unpaired) electrons. The van der Waals surface area contributed by atoms with Crippen molar-refractivity contribution < 1.29 is 14.7 Å². The van der Waals surface area contributed by atoms with E-state index >= 15 is 0 Å². The minimum atomic E-state index is -0.816. The summed E-state index contributed by atoms with van der Waals surface area (Å²) < 4.78 is 3.80. The number of aryl methyl sites for hydroxylation is 1. The van der Waals surface area contributed by atoms with Gasteiger partial charge in [0.15, 0.2) is 0 Å². The normalized spacial score (nSPS) is 22.7. The Hall–Kier alpha value is -1.50. The second-order valence-electron chi connectivity index (χ2n) is 4.82. The fourth-order valence-corrected chi connectivity index (χ4v) is 3.12. The molecule has 0 bridgehead atoms. The van der Waals surface area contributed by atoms with Gasteiger partial charge in [0.1, 0.15) is 4.88 Å². The quantitative estimate of drug-likeness (QED) is 0.903. The van der Waals surface area contributed by atoms with Crippen molar-refractivity contribution >= 4 is 23.4 Å². The number of carboxylic acids is 1. The summed E-state index contributed by atoms with van der Waals surface area (Å²) in [5, 5.41) is 13.3. The number of likely N-dealkylation sites (tertiary alicyclic amines) is 1. The van der Waals surface area contributed by atoms with Crippen molar-refractivity contribution in [2.24, 2.45) is 5.41 Å². The second kappa shape index (κ2) is 5.24. The minimum Gasteiger partial charge on any atom is -0.481 e. The van der Waals surface area contributed by atoms with Crippen LogP contribution in [-0.2, 0) is 11.2 Å². The minimum absolute atomic E-state index is 0.136. The third-order valence-corrected chi connectivity index (χ3v) is 4.61. The van der Waals surface area contributed by atoms with Crippen LogP contribution in [-0.4, -0.2) is 44.6 Å². The number of carbonyl (C=O) groups excluding carboxylic acids is 1. The van der Waals surface area contributed by atoms with Crippen molar-refractivity contribution in [3.63, 3.8) is 0 Å². The van der Waals surface area contributed by atoms with Gasteiger partial charge in [-0.1, -0.05) is 18.3 Å². The summed E-state index contributed by atoms with van der Waals surface area (Å²) in [7, 11) is 0. The Morgan fingerprint density at radius 3 is 2.74 bits per heavy atom. The Morgan fingerprint density at radius 1 is 1.47 bits per heavy atom. The average Bonchev–Trinajstić information content (AvgIpc) is 3.05. The van der Waals surface area contributed by atoms with Gasteiger partial charge in [-0.05, 0) is 30.8 Å². The number of aliphatic carboxylic acids is 1. The summed E-state index contributed by atoms with van der Waals surface area (Å²) in [6, 6.07) is 0. The molecule has 1 N–H and O–H groups in total. The number of carbonyl (C=O) groups is 2.